The van der Waals surface area contributed by atoms with Crippen molar-refractivity contribution in [1.29, 1.82) is 0 Å². The van der Waals surface area contributed by atoms with Crippen molar-refractivity contribution >= 4 is 32.7 Å². The molecule has 6 nitrogen and oxygen atoms in total. The summed E-state index contributed by atoms with van der Waals surface area (Å²) in [7, 11) is -3.07. The fourth-order valence-corrected chi connectivity index (χ4v) is 7.50. The Morgan fingerprint density at radius 3 is 2.48 bits per heavy atom. The molecule has 2 fully saturated rings. The Hall–Kier alpha value is -2.32. The number of carbonyl (C=O) groups is 1. The fourth-order valence-electron chi connectivity index (χ4n) is 3.54. The normalized spacial score (nSPS) is 25.0. The lowest BCUT2D eigenvalue weighted by atomic mass is 10.1. The molecule has 0 spiro atoms. The highest BCUT2D eigenvalue weighted by Crippen LogP contribution is 2.39. The molecule has 0 unspecified atom stereocenters. The van der Waals surface area contributed by atoms with E-state index in [1.54, 1.807) is 19.1 Å². The third kappa shape index (κ3) is 4.64. The summed E-state index contributed by atoms with van der Waals surface area (Å²) < 4.78 is 29.9. The van der Waals surface area contributed by atoms with Gasteiger partial charge in [-0.1, -0.05) is 60.3 Å². The average molecular weight is 431 g/mol. The number of ether oxygens (including phenoxy) is 1. The predicted octanol–water partition coefficient (Wildman–Crippen LogP) is 2.75. The summed E-state index contributed by atoms with van der Waals surface area (Å²) in [5.74, 6) is 0.450. The van der Waals surface area contributed by atoms with Crippen LogP contribution in [0.5, 0.6) is 5.75 Å². The number of para-hydroxylation sites is 1. The first-order valence-electron chi connectivity index (χ1n) is 9.43. The van der Waals surface area contributed by atoms with E-state index in [0.29, 0.717) is 17.5 Å². The fraction of sp³-hybridized carbons (Fsp3) is 0.333. The van der Waals surface area contributed by atoms with E-state index in [4.69, 9.17) is 4.74 Å². The second kappa shape index (κ2) is 8.20. The first kappa shape index (κ1) is 20.0. The van der Waals surface area contributed by atoms with Crippen molar-refractivity contribution in [3.63, 3.8) is 0 Å². The standard InChI is InChI=1S/C21H22N2O4S2/c1-15(27-17-10-6-3-7-11-17)20(24)22-21-23(12-16-8-4-2-5-9-16)18-13-29(25,26)14-19(18)28-21/h2-11,15,18-19H,12-14H2,1H3/t15-,18-,19-/m0/s1. The summed E-state index contributed by atoms with van der Waals surface area (Å²) in [6.07, 6.45) is -0.728. The zero-order valence-corrected chi connectivity index (χ0v) is 17.6. The van der Waals surface area contributed by atoms with Crippen molar-refractivity contribution in [2.24, 2.45) is 4.99 Å². The van der Waals surface area contributed by atoms with Crippen molar-refractivity contribution in [1.82, 2.24) is 4.90 Å². The maximum Gasteiger partial charge on any atom is 0.288 e. The molecule has 1 amide bonds. The minimum absolute atomic E-state index is 0.0967. The molecule has 2 heterocycles. The van der Waals surface area contributed by atoms with Gasteiger partial charge in [-0.25, -0.2) is 8.42 Å². The topological polar surface area (TPSA) is 76.0 Å². The highest BCUT2D eigenvalue weighted by molar-refractivity contribution is 8.15. The van der Waals surface area contributed by atoms with Gasteiger partial charge in [0.2, 0.25) is 0 Å². The number of nitrogens with zero attached hydrogens (tertiary/aromatic N) is 2. The van der Waals surface area contributed by atoms with Crippen LogP contribution >= 0.6 is 11.8 Å². The smallest absolute Gasteiger partial charge is 0.288 e. The summed E-state index contributed by atoms with van der Waals surface area (Å²) in [6, 6.07) is 18.8. The second-order valence-electron chi connectivity index (χ2n) is 7.22. The molecule has 0 aliphatic carbocycles. The third-order valence-electron chi connectivity index (χ3n) is 4.98. The van der Waals surface area contributed by atoms with Gasteiger partial charge in [0.05, 0.1) is 17.5 Å². The molecule has 29 heavy (non-hydrogen) atoms. The molecule has 2 aromatic rings. The number of sulfone groups is 1. The molecular weight excluding hydrogens is 408 g/mol. The van der Waals surface area contributed by atoms with Gasteiger partial charge in [-0.05, 0) is 24.6 Å². The van der Waals surface area contributed by atoms with Crippen LogP contribution in [0.1, 0.15) is 12.5 Å². The predicted molar refractivity (Wildman–Crippen MR) is 115 cm³/mol. The highest BCUT2D eigenvalue weighted by Gasteiger charge is 2.48. The van der Waals surface area contributed by atoms with Crippen molar-refractivity contribution in [3.05, 3.63) is 66.2 Å². The number of fused-ring (bicyclic) bond motifs is 1. The number of amidine groups is 1. The molecule has 0 radical (unpaired) electrons. The van der Waals surface area contributed by atoms with Gasteiger partial charge < -0.3 is 9.64 Å². The Balaban J connectivity index is 1.54. The van der Waals surface area contributed by atoms with E-state index in [1.165, 1.54) is 11.8 Å². The summed E-state index contributed by atoms with van der Waals surface area (Å²) in [5, 5.41) is 0.480. The lowest BCUT2D eigenvalue weighted by Crippen LogP contribution is -2.37. The number of hydrogen-bond donors (Lipinski definition) is 0. The largest absolute Gasteiger partial charge is 0.481 e. The van der Waals surface area contributed by atoms with Gasteiger partial charge in [-0.2, -0.15) is 4.99 Å². The maximum absolute atomic E-state index is 12.7. The number of aliphatic imine (C=N–C) groups is 1. The molecule has 4 rings (SSSR count). The van der Waals surface area contributed by atoms with E-state index in [-0.39, 0.29) is 28.7 Å². The van der Waals surface area contributed by atoms with Crippen LogP contribution in [0.2, 0.25) is 0 Å². The summed E-state index contributed by atoms with van der Waals surface area (Å²) in [5.41, 5.74) is 1.05. The molecule has 0 aromatic heterocycles. The van der Waals surface area contributed by atoms with Gasteiger partial charge in [0.1, 0.15) is 5.75 Å². The summed E-state index contributed by atoms with van der Waals surface area (Å²) >= 11 is 1.38. The van der Waals surface area contributed by atoms with E-state index in [1.807, 2.05) is 53.4 Å². The Labute approximate surface area is 174 Å². The molecule has 0 saturated carbocycles. The number of benzene rings is 2. The minimum atomic E-state index is -3.07. The molecule has 8 heteroatoms. The molecular formula is C21H22N2O4S2. The Kier molecular flexibility index (Phi) is 5.65. The molecule has 0 N–H and O–H groups in total. The van der Waals surface area contributed by atoms with Crippen LogP contribution in [0.4, 0.5) is 0 Å². The van der Waals surface area contributed by atoms with Gasteiger partial charge in [-0.15, -0.1) is 0 Å². The maximum atomic E-state index is 12.7. The molecule has 2 saturated heterocycles. The van der Waals surface area contributed by atoms with Crippen LogP contribution in [0.25, 0.3) is 0 Å². The Morgan fingerprint density at radius 2 is 1.79 bits per heavy atom. The van der Waals surface area contributed by atoms with E-state index in [9.17, 15) is 13.2 Å². The van der Waals surface area contributed by atoms with Gasteiger partial charge in [0.25, 0.3) is 5.91 Å². The average Bonchev–Trinajstić information content (AvgIpc) is 3.15. The van der Waals surface area contributed by atoms with Crippen molar-refractivity contribution in [2.45, 2.75) is 30.9 Å². The van der Waals surface area contributed by atoms with Crippen molar-refractivity contribution in [2.75, 3.05) is 11.5 Å². The van der Waals surface area contributed by atoms with Gasteiger partial charge >= 0.3 is 0 Å². The zero-order valence-electron chi connectivity index (χ0n) is 16.0. The van der Waals surface area contributed by atoms with Crippen molar-refractivity contribution < 1.29 is 17.9 Å². The highest BCUT2D eigenvalue weighted by atomic mass is 32.2. The Bertz CT molecular complexity index is 1010. The van der Waals surface area contributed by atoms with Crippen LogP contribution in [-0.4, -0.2) is 53.3 Å². The van der Waals surface area contributed by atoms with Gasteiger partial charge in [0.15, 0.2) is 21.1 Å². The third-order valence-corrected chi connectivity index (χ3v) is 8.23. The number of hydrogen-bond acceptors (Lipinski definition) is 5. The van der Waals surface area contributed by atoms with Gasteiger partial charge in [-0.3, -0.25) is 4.79 Å². The van der Waals surface area contributed by atoms with E-state index >= 15 is 0 Å². The lowest BCUT2D eigenvalue weighted by molar-refractivity contribution is -0.123. The molecule has 2 aliphatic rings. The minimum Gasteiger partial charge on any atom is -0.481 e. The molecule has 2 aliphatic heterocycles. The zero-order chi connectivity index (χ0) is 20.4. The van der Waals surface area contributed by atoms with Crippen LogP contribution in [0.15, 0.2) is 65.7 Å². The molecule has 3 atom stereocenters. The number of amides is 1. The van der Waals surface area contributed by atoms with E-state index in [0.717, 1.165) is 5.56 Å². The Morgan fingerprint density at radius 1 is 1.14 bits per heavy atom. The van der Waals surface area contributed by atoms with Crippen LogP contribution in [0, 0.1) is 0 Å². The van der Waals surface area contributed by atoms with E-state index < -0.39 is 15.9 Å². The molecule has 0 bridgehead atoms. The van der Waals surface area contributed by atoms with Crippen molar-refractivity contribution in [3.8, 4) is 5.75 Å². The monoisotopic (exact) mass is 430 g/mol. The quantitative estimate of drug-likeness (QED) is 0.726. The van der Waals surface area contributed by atoms with Crippen LogP contribution in [0.3, 0.4) is 0 Å². The molecule has 2 aromatic carbocycles. The summed E-state index contributed by atoms with van der Waals surface area (Å²) in [6.45, 7) is 2.19. The first-order chi connectivity index (χ1) is 13.9. The first-order valence-corrected chi connectivity index (χ1v) is 12.1. The number of rotatable bonds is 5. The second-order valence-corrected chi connectivity index (χ2v) is 10.6. The van der Waals surface area contributed by atoms with Gasteiger partial charge in [0, 0.05) is 11.8 Å². The van der Waals surface area contributed by atoms with Crippen LogP contribution in [-0.2, 0) is 21.2 Å². The number of carbonyl (C=O) groups excluding carboxylic acids is 1. The number of thioether (sulfide) groups is 1. The van der Waals surface area contributed by atoms with Crippen LogP contribution < -0.4 is 4.74 Å². The SMILES string of the molecule is C[C@H](Oc1ccccc1)C(=O)N=C1S[C@H]2CS(=O)(=O)C[C@@H]2N1Cc1ccccc1. The lowest BCUT2D eigenvalue weighted by Gasteiger charge is -2.24. The van der Waals surface area contributed by atoms with E-state index in [2.05, 4.69) is 4.99 Å². The summed E-state index contributed by atoms with van der Waals surface area (Å²) in [4.78, 5) is 19.0. The molecule has 152 valence electrons.